The number of aliphatic hydroxyl groups excluding tert-OH is 2. The van der Waals surface area contributed by atoms with E-state index in [-0.39, 0.29) is 41.6 Å². The van der Waals surface area contributed by atoms with E-state index in [2.05, 4.69) is 20.4 Å². The van der Waals surface area contributed by atoms with Crippen LogP contribution in [0.2, 0.25) is 0 Å². The number of carboxylic acids is 2. The molecular formula is C30H46O6. The Morgan fingerprint density at radius 2 is 1.58 bits per heavy atom. The van der Waals surface area contributed by atoms with Gasteiger partial charge in [0, 0.05) is 12.0 Å². The Hall–Kier alpha value is -1.40. The molecule has 5 fully saturated rings. The quantitative estimate of drug-likeness (QED) is 0.403. The summed E-state index contributed by atoms with van der Waals surface area (Å²) >= 11 is 0. The number of carboxylic acid groups (broad SMARTS) is 2. The van der Waals surface area contributed by atoms with E-state index in [1.165, 1.54) is 0 Å². The van der Waals surface area contributed by atoms with Crippen LogP contribution >= 0.6 is 0 Å². The Labute approximate surface area is 215 Å². The average molecular weight is 503 g/mol. The van der Waals surface area contributed by atoms with Gasteiger partial charge in [-0.05, 0) is 104 Å². The summed E-state index contributed by atoms with van der Waals surface area (Å²) in [6.45, 7) is 14.7. The monoisotopic (exact) mass is 502 g/mol. The molecule has 5 aliphatic rings. The van der Waals surface area contributed by atoms with Crippen molar-refractivity contribution in [1.29, 1.82) is 0 Å². The van der Waals surface area contributed by atoms with Crippen molar-refractivity contribution >= 4 is 11.9 Å². The van der Waals surface area contributed by atoms with Crippen LogP contribution in [0.25, 0.3) is 0 Å². The molecule has 0 heterocycles. The molecule has 4 N–H and O–H groups in total. The third-order valence-corrected chi connectivity index (χ3v) is 13.5. The van der Waals surface area contributed by atoms with Crippen molar-refractivity contribution in [3.05, 3.63) is 12.2 Å². The number of hydrogen-bond donors (Lipinski definition) is 4. The molecular weight excluding hydrogens is 456 g/mol. The van der Waals surface area contributed by atoms with E-state index >= 15 is 0 Å². The molecule has 0 aliphatic heterocycles. The van der Waals surface area contributed by atoms with Crippen LogP contribution in [0.5, 0.6) is 0 Å². The maximum atomic E-state index is 12.8. The molecule has 5 aliphatic carbocycles. The zero-order chi connectivity index (χ0) is 26.6. The second kappa shape index (κ2) is 7.81. The fourth-order valence-electron chi connectivity index (χ4n) is 11.9. The zero-order valence-corrected chi connectivity index (χ0v) is 22.7. The van der Waals surface area contributed by atoms with Crippen molar-refractivity contribution in [2.45, 2.75) is 92.1 Å². The van der Waals surface area contributed by atoms with Gasteiger partial charge in [0.2, 0.25) is 0 Å². The van der Waals surface area contributed by atoms with Crippen molar-refractivity contribution < 1.29 is 30.0 Å². The fraction of sp³-hybridized carbons (Fsp3) is 0.867. The van der Waals surface area contributed by atoms with Crippen LogP contribution in [0.3, 0.4) is 0 Å². The third-order valence-electron chi connectivity index (χ3n) is 13.5. The Bertz CT molecular complexity index is 988. The highest BCUT2D eigenvalue weighted by molar-refractivity contribution is 5.76. The first-order valence-electron chi connectivity index (χ1n) is 14.1. The van der Waals surface area contributed by atoms with Gasteiger partial charge in [-0.1, -0.05) is 39.8 Å². The summed E-state index contributed by atoms with van der Waals surface area (Å²) in [6, 6.07) is 0. The number of carbonyl (C=O) groups is 2. The fourth-order valence-corrected chi connectivity index (χ4v) is 11.9. The van der Waals surface area contributed by atoms with Gasteiger partial charge in [-0.2, -0.15) is 0 Å². The lowest BCUT2D eigenvalue weighted by Crippen LogP contribution is -2.67. The summed E-state index contributed by atoms with van der Waals surface area (Å²) in [4.78, 5) is 25.5. The van der Waals surface area contributed by atoms with Gasteiger partial charge in [0.25, 0.3) is 0 Å². The van der Waals surface area contributed by atoms with Crippen molar-refractivity contribution in [2.24, 2.45) is 62.6 Å². The maximum absolute atomic E-state index is 12.8. The number of aliphatic hydroxyl groups is 2. The highest BCUT2D eigenvalue weighted by Crippen LogP contribution is 2.79. The second-order valence-corrected chi connectivity index (χ2v) is 14.5. The first-order chi connectivity index (χ1) is 16.7. The topological polar surface area (TPSA) is 115 Å². The number of hydrogen-bond acceptors (Lipinski definition) is 4. The lowest BCUT2D eigenvalue weighted by Gasteiger charge is -2.70. The number of fused-ring (bicyclic) bond motifs is 7. The van der Waals surface area contributed by atoms with Gasteiger partial charge < -0.3 is 20.4 Å². The highest BCUT2D eigenvalue weighted by atomic mass is 16.4. The smallest absolute Gasteiger partial charge is 0.309 e. The number of rotatable bonds is 4. The molecule has 5 unspecified atom stereocenters. The Morgan fingerprint density at radius 1 is 0.917 bits per heavy atom. The van der Waals surface area contributed by atoms with Crippen LogP contribution < -0.4 is 0 Å². The molecule has 0 bridgehead atoms. The minimum absolute atomic E-state index is 0.00417. The molecule has 0 saturated heterocycles. The molecule has 0 aromatic carbocycles. The summed E-state index contributed by atoms with van der Waals surface area (Å²) in [6.07, 6.45) is 5.14. The molecule has 5 rings (SSSR count). The molecule has 0 spiro atoms. The molecule has 0 aromatic heterocycles. The minimum Gasteiger partial charge on any atom is -0.481 e. The van der Waals surface area contributed by atoms with Crippen LogP contribution in [0.15, 0.2) is 12.2 Å². The van der Waals surface area contributed by atoms with Crippen molar-refractivity contribution in [3.63, 3.8) is 0 Å². The first-order valence-corrected chi connectivity index (χ1v) is 14.1. The molecule has 0 radical (unpaired) electrons. The largest absolute Gasteiger partial charge is 0.481 e. The van der Waals surface area contributed by atoms with Gasteiger partial charge in [0.15, 0.2) is 0 Å². The highest BCUT2D eigenvalue weighted by Gasteiger charge is 2.76. The van der Waals surface area contributed by atoms with Crippen LogP contribution in [-0.2, 0) is 9.59 Å². The van der Waals surface area contributed by atoms with Gasteiger partial charge in [-0.25, -0.2) is 0 Å². The Kier molecular flexibility index (Phi) is 5.69. The lowest BCUT2D eigenvalue weighted by molar-refractivity contribution is -0.245. The average Bonchev–Trinajstić information content (AvgIpc) is 3.26. The van der Waals surface area contributed by atoms with E-state index in [0.717, 1.165) is 37.7 Å². The van der Waals surface area contributed by atoms with Gasteiger partial charge in [0.05, 0.1) is 17.4 Å². The van der Waals surface area contributed by atoms with E-state index in [4.69, 9.17) is 0 Å². The predicted octanol–water partition coefficient (Wildman–Crippen LogP) is 4.98. The molecule has 0 amide bonds. The zero-order valence-electron chi connectivity index (χ0n) is 22.7. The summed E-state index contributed by atoms with van der Waals surface area (Å²) in [5.41, 5.74) is -1.56. The third kappa shape index (κ3) is 2.76. The lowest BCUT2D eigenvalue weighted by atomic mass is 9.33. The van der Waals surface area contributed by atoms with E-state index in [9.17, 15) is 30.0 Å². The Morgan fingerprint density at radius 3 is 2.14 bits per heavy atom. The molecule has 5 saturated carbocycles. The van der Waals surface area contributed by atoms with Crippen LogP contribution in [0, 0.1) is 62.6 Å². The Balaban J connectivity index is 1.65. The predicted molar refractivity (Wildman–Crippen MR) is 136 cm³/mol. The van der Waals surface area contributed by atoms with E-state index in [0.29, 0.717) is 19.3 Å². The standard InChI is InChI=1S/C30H46O6/c1-16(2)17-9-12-29(25(35)36)13-14-30(15-31)18(21(17)29)7-8-20-27(30,5)11-10-19-26(3,4)23(32)22(24(33)34)28(19,20)6/h17-23,31-32H,1,7-15H2,2-6H3,(H,33,34)(H,35,36)/t17?,18?,19?,20?,21?,22-,23+,27-,28+,29+,30+/m1/s1. The summed E-state index contributed by atoms with van der Waals surface area (Å²) in [5.74, 6) is -2.16. The molecule has 202 valence electrons. The molecule has 0 aromatic rings. The maximum Gasteiger partial charge on any atom is 0.309 e. The van der Waals surface area contributed by atoms with E-state index in [1.807, 2.05) is 20.8 Å². The number of aliphatic carboxylic acids is 2. The number of allylic oxidation sites excluding steroid dienone is 1. The summed E-state index contributed by atoms with van der Waals surface area (Å²) in [5, 5.41) is 43.5. The molecule has 6 nitrogen and oxygen atoms in total. The van der Waals surface area contributed by atoms with Crippen LogP contribution in [0.4, 0.5) is 0 Å². The summed E-state index contributed by atoms with van der Waals surface area (Å²) < 4.78 is 0. The normalized spacial score (nSPS) is 53.0. The molecule has 11 atom stereocenters. The SMILES string of the molecule is C=C(C)C1CC[C@]2(C(=O)O)CC[C@]3(CO)C(CCC4[C@]5(C)C(CC[C@]43C)C(C)(C)[C@@H](O)[C@@H]5C(=O)O)C12. The van der Waals surface area contributed by atoms with E-state index in [1.54, 1.807) is 0 Å². The van der Waals surface area contributed by atoms with E-state index < -0.39 is 45.6 Å². The van der Waals surface area contributed by atoms with Crippen LogP contribution in [0.1, 0.15) is 86.0 Å². The van der Waals surface area contributed by atoms with Crippen molar-refractivity contribution in [2.75, 3.05) is 6.61 Å². The van der Waals surface area contributed by atoms with Gasteiger partial charge in [-0.15, -0.1) is 0 Å². The molecule has 36 heavy (non-hydrogen) atoms. The van der Waals surface area contributed by atoms with Crippen molar-refractivity contribution in [1.82, 2.24) is 0 Å². The van der Waals surface area contributed by atoms with Gasteiger partial charge >= 0.3 is 11.9 Å². The minimum atomic E-state index is -0.920. The van der Waals surface area contributed by atoms with Crippen LogP contribution in [-0.4, -0.2) is 45.1 Å². The van der Waals surface area contributed by atoms with Gasteiger partial charge in [-0.3, -0.25) is 9.59 Å². The molecule has 6 heteroatoms. The van der Waals surface area contributed by atoms with Crippen molar-refractivity contribution in [3.8, 4) is 0 Å². The summed E-state index contributed by atoms with van der Waals surface area (Å²) in [7, 11) is 0. The van der Waals surface area contributed by atoms with Gasteiger partial charge in [0.1, 0.15) is 0 Å². The second-order valence-electron chi connectivity index (χ2n) is 14.5. The first kappa shape index (κ1) is 26.2.